The summed E-state index contributed by atoms with van der Waals surface area (Å²) in [7, 11) is 0. The minimum absolute atomic E-state index is 0.0581. The van der Waals surface area contributed by atoms with E-state index in [2.05, 4.69) is 38.1 Å². The van der Waals surface area contributed by atoms with Gasteiger partial charge in [0.2, 0.25) is 0 Å². The van der Waals surface area contributed by atoms with E-state index in [1.807, 2.05) is 31.2 Å². The molecule has 1 aromatic heterocycles. The summed E-state index contributed by atoms with van der Waals surface area (Å²) in [5, 5.41) is 9.53. The van der Waals surface area contributed by atoms with Crippen LogP contribution in [-0.4, -0.2) is 16.1 Å². The Morgan fingerprint density at radius 1 is 1.47 bits per heavy atom. The quantitative estimate of drug-likeness (QED) is 0.843. The van der Waals surface area contributed by atoms with E-state index in [9.17, 15) is 4.79 Å². The minimum Gasteiger partial charge on any atom is -0.345 e. The van der Waals surface area contributed by atoms with Crippen molar-refractivity contribution in [2.75, 3.05) is 0 Å². The highest BCUT2D eigenvalue weighted by atomic mass is 127. The number of H-pyrrole nitrogens is 1. The second-order valence-electron chi connectivity index (χ2n) is 3.71. The Balaban J connectivity index is 2.10. The van der Waals surface area contributed by atoms with Gasteiger partial charge in [0, 0.05) is 15.3 Å². The largest absolute Gasteiger partial charge is 0.345 e. The Bertz CT molecular complexity index is 510. The smallest absolute Gasteiger partial charge is 0.252 e. The summed E-state index contributed by atoms with van der Waals surface area (Å²) in [5.41, 5.74) is 1.66. The highest BCUT2D eigenvalue weighted by Gasteiger charge is 2.13. The third kappa shape index (κ3) is 2.85. The molecule has 17 heavy (non-hydrogen) atoms. The molecule has 5 heteroatoms. The molecule has 0 bridgehead atoms. The van der Waals surface area contributed by atoms with Gasteiger partial charge in [-0.1, -0.05) is 12.1 Å². The minimum atomic E-state index is -0.0660. The molecule has 2 rings (SSSR count). The number of amides is 1. The van der Waals surface area contributed by atoms with Crippen LogP contribution in [0.15, 0.2) is 36.7 Å². The molecule has 1 heterocycles. The lowest BCUT2D eigenvalue weighted by Crippen LogP contribution is -2.27. The van der Waals surface area contributed by atoms with Gasteiger partial charge in [0.1, 0.15) is 0 Å². The number of carbonyl (C=O) groups is 1. The third-order valence-electron chi connectivity index (χ3n) is 2.49. The van der Waals surface area contributed by atoms with Crippen LogP contribution >= 0.6 is 22.6 Å². The molecule has 1 atom stereocenters. The van der Waals surface area contributed by atoms with Crippen molar-refractivity contribution in [2.24, 2.45) is 0 Å². The topological polar surface area (TPSA) is 57.8 Å². The maximum absolute atomic E-state index is 12.0. The van der Waals surface area contributed by atoms with E-state index in [-0.39, 0.29) is 11.9 Å². The lowest BCUT2D eigenvalue weighted by Gasteiger charge is -2.12. The number of rotatable bonds is 3. The summed E-state index contributed by atoms with van der Waals surface area (Å²) in [5.74, 6) is -0.0660. The first kappa shape index (κ1) is 12.1. The van der Waals surface area contributed by atoms with E-state index in [1.165, 1.54) is 0 Å². The average Bonchev–Trinajstić information content (AvgIpc) is 2.82. The van der Waals surface area contributed by atoms with Gasteiger partial charge in [-0.25, -0.2) is 0 Å². The summed E-state index contributed by atoms with van der Waals surface area (Å²) in [4.78, 5) is 12.0. The van der Waals surface area contributed by atoms with Crippen LogP contribution in [-0.2, 0) is 0 Å². The number of carbonyl (C=O) groups excluding carboxylic acids is 1. The number of aromatic nitrogens is 2. The molecule has 4 nitrogen and oxygen atoms in total. The van der Waals surface area contributed by atoms with Crippen LogP contribution in [0.4, 0.5) is 0 Å². The molecule has 88 valence electrons. The van der Waals surface area contributed by atoms with Crippen LogP contribution < -0.4 is 5.32 Å². The maximum atomic E-state index is 12.0. The van der Waals surface area contributed by atoms with Gasteiger partial charge < -0.3 is 5.32 Å². The summed E-state index contributed by atoms with van der Waals surface area (Å²) in [6, 6.07) is 7.45. The number of aromatic amines is 1. The summed E-state index contributed by atoms with van der Waals surface area (Å²) >= 11 is 2.16. The molecule has 0 aliphatic carbocycles. The Morgan fingerprint density at radius 3 is 2.88 bits per heavy atom. The fraction of sp³-hybridized carbons (Fsp3) is 0.167. The van der Waals surface area contributed by atoms with Crippen molar-refractivity contribution in [1.82, 2.24) is 15.5 Å². The molecule has 1 amide bonds. The molecule has 0 spiro atoms. The van der Waals surface area contributed by atoms with Crippen LogP contribution in [0.5, 0.6) is 0 Å². The van der Waals surface area contributed by atoms with Gasteiger partial charge >= 0.3 is 0 Å². The molecule has 0 saturated heterocycles. The molecular formula is C12H12IN3O. The standard InChI is InChI=1S/C12H12IN3O/c1-8(9-6-14-15-7-9)16-12(17)10-4-2-3-5-11(10)13/h2-8H,1H3,(H,14,15)(H,16,17). The first-order chi connectivity index (χ1) is 8.18. The zero-order valence-corrected chi connectivity index (χ0v) is 11.4. The maximum Gasteiger partial charge on any atom is 0.252 e. The SMILES string of the molecule is CC(NC(=O)c1ccccc1I)c1cn[nH]c1. The summed E-state index contributed by atoms with van der Waals surface area (Å²) < 4.78 is 0.946. The molecule has 0 aliphatic heterocycles. The average molecular weight is 341 g/mol. The summed E-state index contributed by atoms with van der Waals surface area (Å²) in [6.07, 6.45) is 3.49. The van der Waals surface area contributed by atoms with Crippen LogP contribution in [0.1, 0.15) is 28.9 Å². The zero-order chi connectivity index (χ0) is 12.3. The van der Waals surface area contributed by atoms with E-state index in [0.717, 1.165) is 9.13 Å². The van der Waals surface area contributed by atoms with E-state index in [0.29, 0.717) is 5.56 Å². The highest BCUT2D eigenvalue weighted by molar-refractivity contribution is 14.1. The number of hydrogen-bond donors (Lipinski definition) is 2. The molecule has 1 aromatic carbocycles. The first-order valence-corrected chi connectivity index (χ1v) is 6.30. The molecule has 1 unspecified atom stereocenters. The lowest BCUT2D eigenvalue weighted by atomic mass is 10.1. The third-order valence-corrected chi connectivity index (χ3v) is 3.43. The van der Waals surface area contributed by atoms with E-state index < -0.39 is 0 Å². The lowest BCUT2D eigenvalue weighted by molar-refractivity contribution is 0.0939. The van der Waals surface area contributed by atoms with Crippen LogP contribution in [0.2, 0.25) is 0 Å². The van der Waals surface area contributed by atoms with Crippen LogP contribution in [0.25, 0.3) is 0 Å². The predicted octanol–water partition coefficient (Wildman–Crippen LogP) is 2.51. The summed E-state index contributed by atoms with van der Waals surface area (Å²) in [6.45, 7) is 1.93. The molecule has 0 aliphatic rings. The molecular weight excluding hydrogens is 329 g/mol. The second-order valence-corrected chi connectivity index (χ2v) is 4.87. The van der Waals surface area contributed by atoms with E-state index >= 15 is 0 Å². The predicted molar refractivity (Wildman–Crippen MR) is 73.6 cm³/mol. The molecule has 0 saturated carbocycles. The van der Waals surface area contributed by atoms with E-state index in [1.54, 1.807) is 12.4 Å². The van der Waals surface area contributed by atoms with Gasteiger partial charge in [-0.3, -0.25) is 9.89 Å². The fourth-order valence-electron chi connectivity index (χ4n) is 1.50. The fourth-order valence-corrected chi connectivity index (χ4v) is 2.13. The van der Waals surface area contributed by atoms with Crippen molar-refractivity contribution in [2.45, 2.75) is 13.0 Å². The first-order valence-electron chi connectivity index (χ1n) is 5.22. The number of nitrogens with one attached hydrogen (secondary N) is 2. The number of halogens is 1. The Labute approximate surface area is 113 Å². The van der Waals surface area contributed by atoms with Crippen molar-refractivity contribution >= 4 is 28.5 Å². The Morgan fingerprint density at radius 2 is 2.24 bits per heavy atom. The number of hydrogen-bond acceptors (Lipinski definition) is 2. The van der Waals surface area contributed by atoms with Crippen LogP contribution in [0.3, 0.4) is 0 Å². The van der Waals surface area contributed by atoms with Gasteiger partial charge in [-0.2, -0.15) is 5.10 Å². The highest BCUT2D eigenvalue weighted by Crippen LogP contribution is 2.14. The van der Waals surface area contributed by atoms with Gasteiger partial charge in [0.15, 0.2) is 0 Å². The molecule has 2 N–H and O–H groups in total. The number of benzene rings is 1. The van der Waals surface area contributed by atoms with Gasteiger partial charge in [-0.15, -0.1) is 0 Å². The molecule has 2 aromatic rings. The molecule has 0 fully saturated rings. The van der Waals surface area contributed by atoms with E-state index in [4.69, 9.17) is 0 Å². The number of nitrogens with zero attached hydrogens (tertiary/aromatic N) is 1. The zero-order valence-electron chi connectivity index (χ0n) is 9.27. The van der Waals surface area contributed by atoms with Crippen molar-refractivity contribution in [3.8, 4) is 0 Å². The molecule has 0 radical (unpaired) electrons. The van der Waals surface area contributed by atoms with Gasteiger partial charge in [-0.05, 0) is 41.6 Å². The van der Waals surface area contributed by atoms with Crippen LogP contribution in [0, 0.1) is 3.57 Å². The Hall–Kier alpha value is -1.37. The van der Waals surface area contributed by atoms with Crippen molar-refractivity contribution < 1.29 is 4.79 Å². The van der Waals surface area contributed by atoms with Crippen molar-refractivity contribution in [3.63, 3.8) is 0 Å². The monoisotopic (exact) mass is 341 g/mol. The normalized spacial score (nSPS) is 12.1. The van der Waals surface area contributed by atoms with Crippen molar-refractivity contribution in [1.29, 1.82) is 0 Å². The van der Waals surface area contributed by atoms with Crippen molar-refractivity contribution in [3.05, 3.63) is 51.4 Å². The Kier molecular flexibility index (Phi) is 3.78. The second kappa shape index (κ2) is 5.31. The van der Waals surface area contributed by atoms with Gasteiger partial charge in [0.25, 0.3) is 5.91 Å². The van der Waals surface area contributed by atoms with Gasteiger partial charge in [0.05, 0.1) is 17.8 Å².